The van der Waals surface area contributed by atoms with Gasteiger partial charge in [-0.3, -0.25) is 23.9 Å². The molecule has 2 N–H and O–H groups in total. The quantitative estimate of drug-likeness (QED) is 0.528. The summed E-state index contributed by atoms with van der Waals surface area (Å²) in [6.45, 7) is 7.84. The third-order valence-corrected chi connectivity index (χ3v) is 7.51. The number of halogens is 2. The average molecular weight is 533 g/mol. The Balaban J connectivity index is 1.40. The van der Waals surface area contributed by atoms with Crippen LogP contribution in [0.2, 0.25) is 0 Å². The Morgan fingerprint density at radius 3 is 2.42 bits per heavy atom. The van der Waals surface area contributed by atoms with Crippen molar-refractivity contribution in [2.75, 3.05) is 26.2 Å². The molecule has 2 aromatic heterocycles. The van der Waals surface area contributed by atoms with E-state index in [1.54, 1.807) is 17.9 Å². The minimum Gasteiger partial charge on any atom is -0.492 e. The van der Waals surface area contributed by atoms with Crippen molar-refractivity contribution >= 4 is 23.5 Å². The predicted molar refractivity (Wildman–Crippen MR) is 136 cm³/mol. The van der Waals surface area contributed by atoms with Crippen LogP contribution in [-0.4, -0.2) is 85.1 Å². The van der Waals surface area contributed by atoms with Crippen LogP contribution in [0, 0.1) is 12.8 Å². The van der Waals surface area contributed by atoms with Gasteiger partial charge in [0.15, 0.2) is 5.56 Å². The zero-order valence-corrected chi connectivity index (χ0v) is 21.9. The van der Waals surface area contributed by atoms with Crippen LogP contribution in [0.25, 0.3) is 11.7 Å². The van der Waals surface area contributed by atoms with E-state index in [4.69, 9.17) is 0 Å². The van der Waals surface area contributed by atoms with E-state index in [0.29, 0.717) is 43.1 Å². The molecule has 0 spiro atoms. The fourth-order valence-corrected chi connectivity index (χ4v) is 5.24. The lowest BCUT2D eigenvalue weighted by Gasteiger charge is -2.46. The Morgan fingerprint density at radius 2 is 1.84 bits per heavy atom. The minimum atomic E-state index is -2.57. The normalized spacial score (nSPS) is 20.4. The van der Waals surface area contributed by atoms with E-state index < -0.39 is 23.3 Å². The SMILES string of the molecule is Cc1nn2c(O)c(C(=O)NC3CC3)c(=O)n(CC(C)C)c2c1/C=C/C(=O)N1CCN(C2CC(F)(F)C2)CC1. The molecule has 10 nitrogen and oxygen atoms in total. The Labute approximate surface area is 218 Å². The number of nitrogens with zero attached hydrogens (tertiary/aromatic N) is 5. The van der Waals surface area contributed by atoms with E-state index in [2.05, 4.69) is 10.4 Å². The first-order chi connectivity index (χ1) is 17.9. The smallest absolute Gasteiger partial charge is 0.270 e. The van der Waals surface area contributed by atoms with Gasteiger partial charge in [0.2, 0.25) is 11.8 Å². The number of piperazine rings is 1. The Kier molecular flexibility index (Phi) is 6.79. The van der Waals surface area contributed by atoms with Gasteiger partial charge in [-0.05, 0) is 31.8 Å². The first-order valence-electron chi connectivity index (χ1n) is 13.2. The van der Waals surface area contributed by atoms with Crippen molar-refractivity contribution in [3.8, 4) is 5.88 Å². The van der Waals surface area contributed by atoms with Gasteiger partial charge >= 0.3 is 0 Å². The van der Waals surface area contributed by atoms with Crippen LogP contribution < -0.4 is 10.9 Å². The molecule has 1 aliphatic heterocycles. The van der Waals surface area contributed by atoms with Crippen LogP contribution in [0.15, 0.2) is 10.9 Å². The molecular formula is C26H34F2N6O4. The molecule has 12 heteroatoms. The zero-order valence-electron chi connectivity index (χ0n) is 21.9. The van der Waals surface area contributed by atoms with Crippen LogP contribution in [0.1, 0.15) is 61.1 Å². The van der Waals surface area contributed by atoms with Gasteiger partial charge in [0.25, 0.3) is 17.4 Å². The Bertz CT molecular complexity index is 1340. The van der Waals surface area contributed by atoms with Crippen molar-refractivity contribution in [2.24, 2.45) is 5.92 Å². The lowest BCUT2D eigenvalue weighted by atomic mass is 9.86. The Hall–Kier alpha value is -3.28. The highest BCUT2D eigenvalue weighted by molar-refractivity contribution is 5.97. The lowest BCUT2D eigenvalue weighted by Crippen LogP contribution is -2.57. The van der Waals surface area contributed by atoms with E-state index in [1.165, 1.54) is 15.2 Å². The van der Waals surface area contributed by atoms with Gasteiger partial charge in [-0.15, -0.1) is 0 Å². The number of aromatic nitrogens is 3. The number of amides is 2. The molecule has 0 radical (unpaired) electrons. The summed E-state index contributed by atoms with van der Waals surface area (Å²) in [7, 11) is 0. The maximum atomic E-state index is 13.4. The molecule has 3 aliphatic rings. The molecule has 0 unspecified atom stereocenters. The maximum Gasteiger partial charge on any atom is 0.270 e. The number of carbonyl (C=O) groups is 2. The molecule has 206 valence electrons. The molecule has 5 rings (SSSR count). The number of hydrogen-bond donors (Lipinski definition) is 2. The molecule has 3 fully saturated rings. The summed E-state index contributed by atoms with van der Waals surface area (Å²) in [5.74, 6) is -3.90. The molecule has 2 aromatic rings. The summed E-state index contributed by atoms with van der Waals surface area (Å²) >= 11 is 0. The summed E-state index contributed by atoms with van der Waals surface area (Å²) in [5.41, 5.74) is 0.329. The molecule has 0 aromatic carbocycles. The average Bonchev–Trinajstić information content (AvgIpc) is 3.59. The van der Waals surface area contributed by atoms with Crippen molar-refractivity contribution in [3.05, 3.63) is 33.3 Å². The number of carbonyl (C=O) groups excluding carboxylic acids is 2. The monoisotopic (exact) mass is 532 g/mol. The number of hydrogen-bond acceptors (Lipinski definition) is 6. The molecule has 2 amide bonds. The number of nitrogens with one attached hydrogen (secondary N) is 1. The van der Waals surface area contributed by atoms with E-state index in [9.17, 15) is 28.3 Å². The van der Waals surface area contributed by atoms with Gasteiger partial charge in [-0.1, -0.05) is 13.8 Å². The van der Waals surface area contributed by atoms with Gasteiger partial charge < -0.3 is 15.3 Å². The van der Waals surface area contributed by atoms with E-state index in [-0.39, 0.29) is 48.9 Å². The van der Waals surface area contributed by atoms with Gasteiger partial charge in [0.05, 0.1) is 5.69 Å². The summed E-state index contributed by atoms with van der Waals surface area (Å²) in [5, 5.41) is 18.1. The van der Waals surface area contributed by atoms with Gasteiger partial charge in [0, 0.05) is 69.3 Å². The second-order valence-corrected chi connectivity index (χ2v) is 11.1. The van der Waals surface area contributed by atoms with Crippen LogP contribution in [-0.2, 0) is 11.3 Å². The molecule has 0 atom stereocenters. The highest BCUT2D eigenvalue weighted by atomic mass is 19.3. The van der Waals surface area contributed by atoms with Gasteiger partial charge in [0.1, 0.15) is 5.65 Å². The van der Waals surface area contributed by atoms with Crippen LogP contribution in [0.5, 0.6) is 5.88 Å². The van der Waals surface area contributed by atoms with E-state index in [1.807, 2.05) is 18.7 Å². The fourth-order valence-electron chi connectivity index (χ4n) is 5.24. The van der Waals surface area contributed by atoms with Gasteiger partial charge in [-0.25, -0.2) is 8.78 Å². The molecule has 2 saturated carbocycles. The first kappa shape index (κ1) is 26.3. The van der Waals surface area contributed by atoms with Crippen molar-refractivity contribution in [1.82, 2.24) is 29.3 Å². The second-order valence-electron chi connectivity index (χ2n) is 11.1. The summed E-state index contributed by atoms with van der Waals surface area (Å²) < 4.78 is 29.1. The largest absolute Gasteiger partial charge is 0.492 e. The maximum absolute atomic E-state index is 13.4. The summed E-state index contributed by atoms with van der Waals surface area (Å²) in [6.07, 6.45) is 4.42. The van der Waals surface area contributed by atoms with E-state index in [0.717, 1.165) is 12.8 Å². The number of fused-ring (bicyclic) bond motifs is 1. The van der Waals surface area contributed by atoms with Crippen molar-refractivity contribution in [2.45, 2.75) is 71.0 Å². The van der Waals surface area contributed by atoms with Crippen LogP contribution in [0.3, 0.4) is 0 Å². The number of aryl methyl sites for hydroxylation is 1. The number of rotatable bonds is 7. The van der Waals surface area contributed by atoms with Gasteiger partial charge in [-0.2, -0.15) is 9.61 Å². The molecule has 0 bridgehead atoms. The summed E-state index contributed by atoms with van der Waals surface area (Å²) in [4.78, 5) is 42.9. The standard InChI is InChI=1S/C26H34F2N6O4/c1-15(2)14-33-23-19(6-7-20(35)32-10-8-31(9-11-32)18-12-26(27,28)13-18)16(3)30-34(23)25(38)21(24(33)37)22(36)29-17-4-5-17/h6-7,15,17-18,38H,4-5,8-14H2,1-3H3,(H,29,36)/b7-6+. The first-order valence-corrected chi connectivity index (χ1v) is 13.2. The predicted octanol–water partition coefficient (Wildman–Crippen LogP) is 2.01. The fraction of sp³-hybridized carbons (Fsp3) is 0.615. The molecular weight excluding hydrogens is 498 g/mol. The highest BCUT2D eigenvalue weighted by Gasteiger charge is 2.48. The second kappa shape index (κ2) is 9.79. The number of aromatic hydroxyl groups is 1. The van der Waals surface area contributed by atoms with Crippen LogP contribution in [0.4, 0.5) is 8.78 Å². The van der Waals surface area contributed by atoms with E-state index >= 15 is 0 Å². The minimum absolute atomic E-state index is 0.0101. The highest BCUT2D eigenvalue weighted by Crippen LogP contribution is 2.40. The topological polar surface area (TPSA) is 112 Å². The molecule has 38 heavy (non-hydrogen) atoms. The Morgan fingerprint density at radius 1 is 1.18 bits per heavy atom. The molecule has 3 heterocycles. The summed E-state index contributed by atoms with van der Waals surface area (Å²) in [6, 6.07) is -0.114. The lowest BCUT2D eigenvalue weighted by molar-refractivity contribution is -0.139. The van der Waals surface area contributed by atoms with Crippen molar-refractivity contribution in [3.63, 3.8) is 0 Å². The zero-order chi connectivity index (χ0) is 27.4. The van der Waals surface area contributed by atoms with Crippen LogP contribution >= 0.6 is 0 Å². The third-order valence-electron chi connectivity index (χ3n) is 7.51. The van der Waals surface area contributed by atoms with Crippen molar-refractivity contribution in [1.29, 1.82) is 0 Å². The number of alkyl halides is 2. The molecule has 1 saturated heterocycles. The molecule has 2 aliphatic carbocycles. The van der Waals surface area contributed by atoms with Crippen molar-refractivity contribution < 1.29 is 23.5 Å². The third kappa shape index (κ3) is 5.05.